The summed E-state index contributed by atoms with van der Waals surface area (Å²) in [6, 6.07) is 4.18. The summed E-state index contributed by atoms with van der Waals surface area (Å²) in [5, 5.41) is 5.05. The first-order valence-corrected chi connectivity index (χ1v) is 7.08. The van der Waals surface area contributed by atoms with Gasteiger partial charge >= 0.3 is 0 Å². The molecule has 1 aliphatic heterocycles. The highest BCUT2D eigenvalue weighted by atomic mass is 32.1. The van der Waals surface area contributed by atoms with Gasteiger partial charge in [0.15, 0.2) is 0 Å². The molecule has 17 heavy (non-hydrogen) atoms. The Bertz CT molecular complexity index is 344. The average molecular weight is 253 g/mol. The number of amides is 1. The summed E-state index contributed by atoms with van der Waals surface area (Å²) in [4.78, 5) is 12.9. The van der Waals surface area contributed by atoms with E-state index >= 15 is 0 Å². The molecule has 1 fully saturated rings. The molecule has 1 N–H and O–H groups in total. The van der Waals surface area contributed by atoms with Gasteiger partial charge < -0.3 is 10.1 Å². The number of hydrogen-bond donors (Lipinski definition) is 1. The minimum absolute atomic E-state index is 0.118. The van der Waals surface area contributed by atoms with E-state index in [1.165, 1.54) is 4.88 Å². The number of carbonyl (C=O) groups is 1. The van der Waals surface area contributed by atoms with Crippen LogP contribution < -0.4 is 5.32 Å². The largest absolute Gasteiger partial charge is 0.378 e. The lowest BCUT2D eigenvalue weighted by Crippen LogP contribution is -2.26. The molecule has 0 spiro atoms. The second-order valence-electron chi connectivity index (χ2n) is 4.48. The van der Waals surface area contributed by atoms with E-state index in [1.54, 1.807) is 11.3 Å². The molecule has 0 aromatic carbocycles. The van der Waals surface area contributed by atoms with Crippen LogP contribution in [0.1, 0.15) is 43.5 Å². The van der Waals surface area contributed by atoms with Crippen LogP contribution in [0.25, 0.3) is 0 Å². The fraction of sp³-hybridized carbons (Fsp3) is 0.615. The molecule has 2 rings (SSSR count). The summed E-state index contributed by atoms with van der Waals surface area (Å²) in [5.41, 5.74) is 0. The van der Waals surface area contributed by atoms with Crippen molar-refractivity contribution in [2.45, 2.75) is 44.8 Å². The van der Waals surface area contributed by atoms with Gasteiger partial charge in [-0.1, -0.05) is 6.07 Å². The maximum absolute atomic E-state index is 11.7. The van der Waals surface area contributed by atoms with Gasteiger partial charge in [0.1, 0.15) is 0 Å². The third kappa shape index (κ3) is 3.82. The van der Waals surface area contributed by atoms with Crippen molar-refractivity contribution in [3.05, 3.63) is 22.4 Å². The molecular weight excluding hydrogens is 234 g/mol. The molecular formula is C13H19NO2S. The third-order valence-corrected chi connectivity index (χ3v) is 4.12. The number of carbonyl (C=O) groups excluding carboxylic acids is 1. The Balaban J connectivity index is 1.69. The van der Waals surface area contributed by atoms with E-state index in [0.29, 0.717) is 12.5 Å². The lowest BCUT2D eigenvalue weighted by molar-refractivity contribution is -0.122. The van der Waals surface area contributed by atoms with Gasteiger partial charge in [0.05, 0.1) is 12.1 Å². The maximum Gasteiger partial charge on any atom is 0.220 e. The molecule has 0 bridgehead atoms. The zero-order valence-corrected chi connectivity index (χ0v) is 11.0. The summed E-state index contributed by atoms with van der Waals surface area (Å²) >= 11 is 1.68. The van der Waals surface area contributed by atoms with E-state index in [4.69, 9.17) is 4.74 Å². The van der Waals surface area contributed by atoms with Gasteiger partial charge in [-0.2, -0.15) is 0 Å². The van der Waals surface area contributed by atoms with Crippen molar-refractivity contribution >= 4 is 17.2 Å². The molecule has 1 saturated heterocycles. The van der Waals surface area contributed by atoms with Gasteiger partial charge in [0.2, 0.25) is 5.91 Å². The van der Waals surface area contributed by atoms with Crippen LogP contribution in [0.2, 0.25) is 0 Å². The quantitative estimate of drug-likeness (QED) is 0.876. The van der Waals surface area contributed by atoms with Crippen LogP contribution in [0.4, 0.5) is 0 Å². The van der Waals surface area contributed by atoms with Crippen molar-refractivity contribution in [1.29, 1.82) is 0 Å². The molecule has 0 saturated carbocycles. The lowest BCUT2D eigenvalue weighted by atomic mass is 10.1. The zero-order valence-electron chi connectivity index (χ0n) is 10.1. The second kappa shape index (κ2) is 6.17. The van der Waals surface area contributed by atoms with E-state index in [9.17, 15) is 4.79 Å². The third-order valence-electron chi connectivity index (χ3n) is 3.06. The monoisotopic (exact) mass is 253 g/mol. The van der Waals surface area contributed by atoms with Crippen LogP contribution in [0.3, 0.4) is 0 Å². The topological polar surface area (TPSA) is 38.3 Å². The molecule has 3 nitrogen and oxygen atoms in total. The predicted molar refractivity (Wildman–Crippen MR) is 69.1 cm³/mol. The SMILES string of the molecule is CC(NC(=O)CCC1CCCO1)c1cccs1. The number of hydrogen-bond acceptors (Lipinski definition) is 3. The number of rotatable bonds is 5. The van der Waals surface area contributed by atoms with E-state index in [1.807, 2.05) is 18.4 Å². The molecule has 4 heteroatoms. The lowest BCUT2D eigenvalue weighted by Gasteiger charge is -2.13. The summed E-state index contributed by atoms with van der Waals surface area (Å²) in [7, 11) is 0. The van der Waals surface area contributed by atoms with Gasteiger partial charge in [0, 0.05) is 17.9 Å². The van der Waals surface area contributed by atoms with Crippen molar-refractivity contribution in [2.24, 2.45) is 0 Å². The Morgan fingerprint density at radius 1 is 1.71 bits per heavy atom. The molecule has 2 atom stereocenters. The van der Waals surface area contributed by atoms with Crippen molar-refractivity contribution in [2.75, 3.05) is 6.61 Å². The number of thiophene rings is 1. The summed E-state index contributed by atoms with van der Waals surface area (Å²) in [6.45, 7) is 2.88. The van der Waals surface area contributed by atoms with E-state index in [0.717, 1.165) is 25.9 Å². The number of ether oxygens (including phenoxy) is 1. The Morgan fingerprint density at radius 3 is 3.24 bits per heavy atom. The van der Waals surface area contributed by atoms with E-state index in [2.05, 4.69) is 11.4 Å². The van der Waals surface area contributed by atoms with Crippen LogP contribution in [-0.4, -0.2) is 18.6 Å². The molecule has 1 aromatic rings. The van der Waals surface area contributed by atoms with Crippen LogP contribution in [0.5, 0.6) is 0 Å². The molecule has 2 unspecified atom stereocenters. The average Bonchev–Trinajstić information content (AvgIpc) is 2.99. The highest BCUT2D eigenvalue weighted by Gasteiger charge is 2.17. The molecule has 1 aromatic heterocycles. The zero-order chi connectivity index (χ0) is 12.1. The van der Waals surface area contributed by atoms with Gasteiger partial charge in [0.25, 0.3) is 0 Å². The molecule has 94 valence electrons. The Morgan fingerprint density at radius 2 is 2.59 bits per heavy atom. The first-order chi connectivity index (χ1) is 8.25. The first-order valence-electron chi connectivity index (χ1n) is 6.20. The second-order valence-corrected chi connectivity index (χ2v) is 5.46. The minimum Gasteiger partial charge on any atom is -0.378 e. The van der Waals surface area contributed by atoms with Gasteiger partial charge in [-0.05, 0) is 37.6 Å². The van der Waals surface area contributed by atoms with Crippen LogP contribution >= 0.6 is 11.3 Å². The van der Waals surface area contributed by atoms with E-state index in [-0.39, 0.29) is 11.9 Å². The maximum atomic E-state index is 11.7. The Labute approximate surface area is 106 Å². The van der Waals surface area contributed by atoms with Crippen molar-refractivity contribution in [1.82, 2.24) is 5.32 Å². The van der Waals surface area contributed by atoms with Gasteiger partial charge in [-0.3, -0.25) is 4.79 Å². The van der Waals surface area contributed by atoms with Gasteiger partial charge in [-0.25, -0.2) is 0 Å². The summed E-state index contributed by atoms with van der Waals surface area (Å²) < 4.78 is 5.50. The standard InChI is InChI=1S/C13H19NO2S/c1-10(12-5-3-9-17-12)14-13(15)7-6-11-4-2-8-16-11/h3,5,9-11H,2,4,6-8H2,1H3,(H,14,15). The fourth-order valence-corrected chi connectivity index (χ4v) is 2.82. The predicted octanol–water partition coefficient (Wildman–Crippen LogP) is 2.88. The van der Waals surface area contributed by atoms with Crippen LogP contribution in [-0.2, 0) is 9.53 Å². The van der Waals surface area contributed by atoms with Crippen molar-refractivity contribution in [3.8, 4) is 0 Å². The first kappa shape index (κ1) is 12.6. The normalized spacial score (nSPS) is 21.4. The van der Waals surface area contributed by atoms with Crippen LogP contribution in [0, 0.1) is 0 Å². The van der Waals surface area contributed by atoms with Gasteiger partial charge in [-0.15, -0.1) is 11.3 Å². The Kier molecular flexibility index (Phi) is 4.57. The number of nitrogens with one attached hydrogen (secondary N) is 1. The fourth-order valence-electron chi connectivity index (χ4n) is 2.09. The minimum atomic E-state index is 0.118. The highest BCUT2D eigenvalue weighted by molar-refractivity contribution is 7.10. The van der Waals surface area contributed by atoms with Crippen LogP contribution in [0.15, 0.2) is 17.5 Å². The Hall–Kier alpha value is -0.870. The highest BCUT2D eigenvalue weighted by Crippen LogP contribution is 2.19. The molecule has 0 radical (unpaired) electrons. The smallest absolute Gasteiger partial charge is 0.220 e. The molecule has 1 amide bonds. The molecule has 0 aliphatic carbocycles. The summed E-state index contributed by atoms with van der Waals surface area (Å²) in [5.74, 6) is 0.126. The molecule has 2 heterocycles. The molecule has 1 aliphatic rings. The van der Waals surface area contributed by atoms with E-state index < -0.39 is 0 Å². The van der Waals surface area contributed by atoms with Crippen molar-refractivity contribution in [3.63, 3.8) is 0 Å². The van der Waals surface area contributed by atoms with Crippen molar-refractivity contribution < 1.29 is 9.53 Å². The summed E-state index contributed by atoms with van der Waals surface area (Å²) in [6.07, 6.45) is 3.97.